The van der Waals surface area contributed by atoms with Crippen molar-refractivity contribution in [1.82, 2.24) is 0 Å². The SMILES string of the molecule is CC(=O)Oc1cccc(-c2cccc(O)c2)c1. The highest BCUT2D eigenvalue weighted by atomic mass is 16.5. The molecule has 0 bridgehead atoms. The molecule has 0 unspecified atom stereocenters. The van der Waals surface area contributed by atoms with Crippen LogP contribution in [0, 0.1) is 0 Å². The van der Waals surface area contributed by atoms with Gasteiger partial charge in [-0.1, -0.05) is 24.3 Å². The van der Waals surface area contributed by atoms with Gasteiger partial charge in [-0.3, -0.25) is 4.79 Å². The minimum absolute atomic E-state index is 0.209. The molecule has 0 heterocycles. The molecule has 2 aromatic carbocycles. The third-order valence-electron chi connectivity index (χ3n) is 2.28. The number of aromatic hydroxyl groups is 1. The predicted molar refractivity (Wildman–Crippen MR) is 64.9 cm³/mol. The van der Waals surface area contributed by atoms with Gasteiger partial charge >= 0.3 is 5.97 Å². The van der Waals surface area contributed by atoms with E-state index in [4.69, 9.17) is 4.74 Å². The molecule has 3 nitrogen and oxygen atoms in total. The number of hydrogen-bond donors (Lipinski definition) is 1. The fourth-order valence-electron chi connectivity index (χ4n) is 1.59. The summed E-state index contributed by atoms with van der Waals surface area (Å²) < 4.78 is 5.01. The van der Waals surface area contributed by atoms with Crippen molar-refractivity contribution in [3.8, 4) is 22.6 Å². The van der Waals surface area contributed by atoms with Crippen LogP contribution >= 0.6 is 0 Å². The van der Waals surface area contributed by atoms with Crippen molar-refractivity contribution in [3.63, 3.8) is 0 Å². The van der Waals surface area contributed by atoms with Crippen LogP contribution in [0.1, 0.15) is 6.92 Å². The maximum absolute atomic E-state index is 10.9. The lowest BCUT2D eigenvalue weighted by molar-refractivity contribution is -0.131. The Balaban J connectivity index is 2.36. The molecule has 0 aliphatic carbocycles. The average molecular weight is 228 g/mol. The van der Waals surface area contributed by atoms with Gasteiger partial charge in [0.25, 0.3) is 0 Å². The Bertz CT molecular complexity index is 547. The molecule has 3 heteroatoms. The monoisotopic (exact) mass is 228 g/mol. The van der Waals surface area contributed by atoms with Gasteiger partial charge in [0.2, 0.25) is 0 Å². The minimum atomic E-state index is -0.349. The van der Waals surface area contributed by atoms with Crippen LogP contribution in [-0.4, -0.2) is 11.1 Å². The molecule has 0 radical (unpaired) electrons. The lowest BCUT2D eigenvalue weighted by Crippen LogP contribution is -2.00. The van der Waals surface area contributed by atoms with Gasteiger partial charge < -0.3 is 9.84 Å². The first-order valence-corrected chi connectivity index (χ1v) is 5.23. The number of hydrogen-bond acceptors (Lipinski definition) is 3. The van der Waals surface area contributed by atoms with Gasteiger partial charge in [0, 0.05) is 6.92 Å². The maximum Gasteiger partial charge on any atom is 0.308 e. The van der Waals surface area contributed by atoms with Gasteiger partial charge in [0.05, 0.1) is 0 Å². The molecule has 2 aromatic rings. The first-order valence-electron chi connectivity index (χ1n) is 5.23. The van der Waals surface area contributed by atoms with E-state index in [1.54, 1.807) is 36.4 Å². The summed E-state index contributed by atoms with van der Waals surface area (Å²) in [7, 11) is 0. The van der Waals surface area contributed by atoms with Crippen molar-refractivity contribution < 1.29 is 14.6 Å². The number of carbonyl (C=O) groups is 1. The van der Waals surface area contributed by atoms with Crippen molar-refractivity contribution in [2.75, 3.05) is 0 Å². The summed E-state index contributed by atoms with van der Waals surface area (Å²) in [6, 6.07) is 14.1. The van der Waals surface area contributed by atoms with Gasteiger partial charge in [-0.05, 0) is 35.4 Å². The Morgan fingerprint density at radius 3 is 2.35 bits per heavy atom. The van der Waals surface area contributed by atoms with Crippen LogP contribution in [0.15, 0.2) is 48.5 Å². The van der Waals surface area contributed by atoms with Crippen LogP contribution in [0.4, 0.5) is 0 Å². The summed E-state index contributed by atoms with van der Waals surface area (Å²) in [6.07, 6.45) is 0. The molecule has 0 aliphatic rings. The van der Waals surface area contributed by atoms with E-state index in [2.05, 4.69) is 0 Å². The van der Waals surface area contributed by atoms with Crippen molar-refractivity contribution in [3.05, 3.63) is 48.5 Å². The summed E-state index contributed by atoms with van der Waals surface area (Å²) in [5.41, 5.74) is 1.76. The average Bonchev–Trinajstić information content (AvgIpc) is 2.28. The van der Waals surface area contributed by atoms with Crippen LogP contribution in [0.25, 0.3) is 11.1 Å². The number of rotatable bonds is 2. The lowest BCUT2D eigenvalue weighted by Gasteiger charge is -2.05. The molecule has 0 fully saturated rings. The minimum Gasteiger partial charge on any atom is -0.508 e. The zero-order chi connectivity index (χ0) is 12.3. The van der Waals surface area contributed by atoms with E-state index in [0.29, 0.717) is 5.75 Å². The molecule has 0 amide bonds. The Hall–Kier alpha value is -2.29. The highest BCUT2D eigenvalue weighted by Crippen LogP contribution is 2.26. The highest BCUT2D eigenvalue weighted by molar-refractivity contribution is 5.71. The number of phenolic OH excluding ortho intramolecular Hbond substituents is 1. The Kier molecular flexibility index (Phi) is 3.10. The van der Waals surface area contributed by atoms with E-state index in [1.165, 1.54) is 6.92 Å². The van der Waals surface area contributed by atoms with Crippen molar-refractivity contribution >= 4 is 5.97 Å². The van der Waals surface area contributed by atoms with E-state index in [0.717, 1.165) is 11.1 Å². The molecule has 0 spiro atoms. The third kappa shape index (κ3) is 2.84. The van der Waals surface area contributed by atoms with E-state index >= 15 is 0 Å². The number of benzene rings is 2. The van der Waals surface area contributed by atoms with Gasteiger partial charge in [-0.15, -0.1) is 0 Å². The summed E-state index contributed by atoms with van der Waals surface area (Å²) in [5, 5.41) is 9.40. The molecule has 0 saturated heterocycles. The molecule has 0 aromatic heterocycles. The van der Waals surface area contributed by atoms with Gasteiger partial charge in [-0.2, -0.15) is 0 Å². The first-order chi connectivity index (χ1) is 8.15. The fourth-order valence-corrected chi connectivity index (χ4v) is 1.59. The molecular weight excluding hydrogens is 216 g/mol. The molecule has 86 valence electrons. The first kappa shape index (κ1) is 11.2. The zero-order valence-electron chi connectivity index (χ0n) is 9.38. The van der Waals surface area contributed by atoms with Crippen LogP contribution in [0.3, 0.4) is 0 Å². The zero-order valence-corrected chi connectivity index (χ0v) is 9.38. The van der Waals surface area contributed by atoms with E-state index in [1.807, 2.05) is 12.1 Å². The van der Waals surface area contributed by atoms with Gasteiger partial charge in [0.15, 0.2) is 0 Å². The summed E-state index contributed by atoms with van der Waals surface area (Å²) in [6.45, 7) is 1.36. The van der Waals surface area contributed by atoms with Crippen LogP contribution in [0.5, 0.6) is 11.5 Å². The quantitative estimate of drug-likeness (QED) is 0.635. The van der Waals surface area contributed by atoms with Gasteiger partial charge in [-0.25, -0.2) is 0 Å². The summed E-state index contributed by atoms with van der Waals surface area (Å²) >= 11 is 0. The molecule has 2 rings (SSSR count). The molecular formula is C14H12O3. The second-order valence-corrected chi connectivity index (χ2v) is 3.67. The van der Waals surface area contributed by atoms with Crippen LogP contribution in [-0.2, 0) is 4.79 Å². The van der Waals surface area contributed by atoms with Gasteiger partial charge in [0.1, 0.15) is 11.5 Å². The van der Waals surface area contributed by atoms with Crippen molar-refractivity contribution in [1.29, 1.82) is 0 Å². The van der Waals surface area contributed by atoms with Crippen molar-refractivity contribution in [2.24, 2.45) is 0 Å². The Labute approximate surface area is 99.3 Å². The molecule has 0 atom stereocenters. The predicted octanol–water partition coefficient (Wildman–Crippen LogP) is 2.98. The van der Waals surface area contributed by atoms with E-state index in [-0.39, 0.29) is 11.7 Å². The van der Waals surface area contributed by atoms with E-state index in [9.17, 15) is 9.90 Å². The molecule has 0 aliphatic heterocycles. The highest BCUT2D eigenvalue weighted by Gasteiger charge is 2.02. The van der Waals surface area contributed by atoms with E-state index < -0.39 is 0 Å². The number of phenols is 1. The molecule has 17 heavy (non-hydrogen) atoms. The standard InChI is InChI=1S/C14H12O3/c1-10(15)17-14-7-3-5-12(9-14)11-4-2-6-13(16)8-11/h2-9,16H,1H3. The second-order valence-electron chi connectivity index (χ2n) is 3.67. The van der Waals surface area contributed by atoms with Crippen LogP contribution in [0.2, 0.25) is 0 Å². The largest absolute Gasteiger partial charge is 0.508 e. The smallest absolute Gasteiger partial charge is 0.308 e. The Morgan fingerprint density at radius 1 is 1.06 bits per heavy atom. The lowest BCUT2D eigenvalue weighted by atomic mass is 10.1. The molecule has 0 saturated carbocycles. The second kappa shape index (κ2) is 4.70. The summed E-state index contributed by atoms with van der Waals surface area (Å²) in [4.78, 5) is 10.9. The van der Waals surface area contributed by atoms with Crippen molar-refractivity contribution in [2.45, 2.75) is 6.92 Å². The maximum atomic E-state index is 10.9. The number of ether oxygens (including phenoxy) is 1. The topological polar surface area (TPSA) is 46.5 Å². The number of esters is 1. The molecule has 1 N–H and O–H groups in total. The third-order valence-corrected chi connectivity index (χ3v) is 2.28. The Morgan fingerprint density at radius 2 is 1.71 bits per heavy atom. The number of carbonyl (C=O) groups excluding carboxylic acids is 1. The normalized spacial score (nSPS) is 9.94. The fraction of sp³-hybridized carbons (Fsp3) is 0.0714. The summed E-state index contributed by atoms with van der Waals surface area (Å²) in [5.74, 6) is 0.358. The van der Waals surface area contributed by atoms with Crippen LogP contribution < -0.4 is 4.74 Å².